The first-order valence-electron chi connectivity index (χ1n) is 7.63. The van der Waals surface area contributed by atoms with E-state index in [2.05, 4.69) is 37.4 Å². The van der Waals surface area contributed by atoms with Gasteiger partial charge in [-0.3, -0.25) is 4.68 Å². The summed E-state index contributed by atoms with van der Waals surface area (Å²) in [6, 6.07) is 0. The molecule has 0 aliphatic heterocycles. The number of aromatic nitrogens is 2. The lowest BCUT2D eigenvalue weighted by Gasteiger charge is -2.37. The molecule has 108 valence electrons. The summed E-state index contributed by atoms with van der Waals surface area (Å²) >= 11 is 0. The minimum atomic E-state index is 0.494. The maximum absolute atomic E-state index is 4.20. The number of hydrogen-bond acceptors (Lipinski definition) is 2. The molecular weight excluding hydrogens is 234 g/mol. The highest BCUT2D eigenvalue weighted by Gasteiger charge is 2.29. The molecule has 1 aliphatic rings. The lowest BCUT2D eigenvalue weighted by molar-refractivity contribution is 0.149. The largest absolute Gasteiger partial charge is 0.312 e. The summed E-state index contributed by atoms with van der Waals surface area (Å²) in [5, 5.41) is 7.78. The van der Waals surface area contributed by atoms with Crippen LogP contribution in [-0.4, -0.2) is 16.3 Å². The van der Waals surface area contributed by atoms with Crippen LogP contribution in [0, 0.1) is 17.3 Å². The van der Waals surface area contributed by atoms with Gasteiger partial charge in [0.15, 0.2) is 0 Å². The molecule has 3 heteroatoms. The molecule has 0 atom stereocenters. The standard InChI is InChI=1S/C16H29N3/c1-16(2,3)15-7-5-13(6-8-15)9-17-10-14-11-18-19(4)12-14/h11-13,15,17H,5-10H2,1-4H3. The Labute approximate surface area is 117 Å². The van der Waals surface area contributed by atoms with Gasteiger partial charge in [-0.25, -0.2) is 0 Å². The topological polar surface area (TPSA) is 29.9 Å². The molecule has 1 aromatic heterocycles. The molecule has 1 heterocycles. The third kappa shape index (κ3) is 4.34. The zero-order valence-corrected chi connectivity index (χ0v) is 12.9. The van der Waals surface area contributed by atoms with Crippen molar-refractivity contribution in [3.8, 4) is 0 Å². The highest BCUT2D eigenvalue weighted by atomic mass is 15.2. The van der Waals surface area contributed by atoms with Gasteiger partial charge in [0, 0.05) is 25.4 Å². The molecule has 1 fully saturated rings. The van der Waals surface area contributed by atoms with Gasteiger partial charge in [-0.15, -0.1) is 0 Å². The summed E-state index contributed by atoms with van der Waals surface area (Å²) in [5.41, 5.74) is 1.78. The molecule has 19 heavy (non-hydrogen) atoms. The number of aryl methyl sites for hydroxylation is 1. The van der Waals surface area contributed by atoms with E-state index in [0.717, 1.165) is 24.9 Å². The predicted octanol–water partition coefficient (Wildman–Crippen LogP) is 3.36. The van der Waals surface area contributed by atoms with Crippen LogP contribution in [0.5, 0.6) is 0 Å². The zero-order valence-electron chi connectivity index (χ0n) is 12.9. The number of nitrogens with one attached hydrogen (secondary N) is 1. The van der Waals surface area contributed by atoms with Crippen LogP contribution < -0.4 is 5.32 Å². The third-order valence-electron chi connectivity index (χ3n) is 4.59. The van der Waals surface area contributed by atoms with Crippen molar-refractivity contribution >= 4 is 0 Å². The number of nitrogens with zero attached hydrogens (tertiary/aromatic N) is 2. The van der Waals surface area contributed by atoms with E-state index in [1.165, 1.54) is 31.2 Å². The van der Waals surface area contributed by atoms with Crippen LogP contribution in [0.2, 0.25) is 0 Å². The van der Waals surface area contributed by atoms with E-state index < -0.39 is 0 Å². The fraction of sp³-hybridized carbons (Fsp3) is 0.812. The SMILES string of the molecule is Cn1cc(CNCC2CCC(C(C)(C)C)CC2)cn1. The van der Waals surface area contributed by atoms with Gasteiger partial charge in [0.25, 0.3) is 0 Å². The van der Waals surface area contributed by atoms with Gasteiger partial charge in [0.1, 0.15) is 0 Å². The van der Waals surface area contributed by atoms with Gasteiger partial charge >= 0.3 is 0 Å². The fourth-order valence-corrected chi connectivity index (χ4v) is 3.22. The van der Waals surface area contributed by atoms with E-state index in [1.807, 2.05) is 17.9 Å². The van der Waals surface area contributed by atoms with E-state index in [4.69, 9.17) is 0 Å². The Bertz CT molecular complexity index is 381. The lowest BCUT2D eigenvalue weighted by atomic mass is 9.70. The van der Waals surface area contributed by atoms with Crippen molar-refractivity contribution in [1.29, 1.82) is 0 Å². The molecular formula is C16H29N3. The quantitative estimate of drug-likeness (QED) is 0.902. The summed E-state index contributed by atoms with van der Waals surface area (Å²) in [6.45, 7) is 9.27. The Balaban J connectivity index is 1.66. The molecule has 1 N–H and O–H groups in total. The Morgan fingerprint density at radius 1 is 1.26 bits per heavy atom. The molecule has 0 bridgehead atoms. The Hall–Kier alpha value is -0.830. The van der Waals surface area contributed by atoms with Crippen molar-refractivity contribution < 1.29 is 0 Å². The first-order chi connectivity index (χ1) is 8.95. The van der Waals surface area contributed by atoms with Crippen molar-refractivity contribution in [3.63, 3.8) is 0 Å². The minimum absolute atomic E-state index is 0.494. The molecule has 0 amide bonds. The Kier molecular flexibility index (Phi) is 4.67. The average molecular weight is 263 g/mol. The maximum Gasteiger partial charge on any atom is 0.0534 e. The van der Waals surface area contributed by atoms with E-state index in [-0.39, 0.29) is 0 Å². The summed E-state index contributed by atoms with van der Waals surface area (Å²) < 4.78 is 1.87. The first-order valence-corrected chi connectivity index (χ1v) is 7.63. The number of hydrogen-bond donors (Lipinski definition) is 1. The van der Waals surface area contributed by atoms with Crippen LogP contribution in [0.3, 0.4) is 0 Å². The van der Waals surface area contributed by atoms with Crippen LogP contribution in [0.25, 0.3) is 0 Å². The summed E-state index contributed by atoms with van der Waals surface area (Å²) in [4.78, 5) is 0. The Morgan fingerprint density at radius 3 is 2.47 bits per heavy atom. The molecule has 1 aromatic rings. The smallest absolute Gasteiger partial charge is 0.0534 e. The second-order valence-corrected chi connectivity index (χ2v) is 7.24. The molecule has 0 unspecified atom stereocenters. The van der Waals surface area contributed by atoms with Crippen LogP contribution in [0.1, 0.15) is 52.0 Å². The first kappa shape index (κ1) is 14.6. The van der Waals surface area contributed by atoms with Crippen LogP contribution in [0.4, 0.5) is 0 Å². The van der Waals surface area contributed by atoms with E-state index in [0.29, 0.717) is 5.41 Å². The van der Waals surface area contributed by atoms with Crippen molar-refractivity contribution in [2.24, 2.45) is 24.3 Å². The van der Waals surface area contributed by atoms with Crippen molar-refractivity contribution in [2.45, 2.75) is 53.0 Å². The van der Waals surface area contributed by atoms with Crippen LogP contribution >= 0.6 is 0 Å². The van der Waals surface area contributed by atoms with Gasteiger partial charge < -0.3 is 5.32 Å². The average Bonchev–Trinajstić information content (AvgIpc) is 2.75. The van der Waals surface area contributed by atoms with Gasteiger partial charge in [0.05, 0.1) is 6.20 Å². The minimum Gasteiger partial charge on any atom is -0.312 e. The van der Waals surface area contributed by atoms with Gasteiger partial charge in [-0.05, 0) is 49.5 Å². The number of rotatable bonds is 4. The van der Waals surface area contributed by atoms with E-state index in [1.54, 1.807) is 0 Å². The van der Waals surface area contributed by atoms with Crippen molar-refractivity contribution in [1.82, 2.24) is 15.1 Å². The molecule has 2 rings (SSSR count). The molecule has 0 saturated heterocycles. The highest BCUT2D eigenvalue weighted by Crippen LogP contribution is 2.39. The molecule has 1 aliphatic carbocycles. The van der Waals surface area contributed by atoms with Crippen molar-refractivity contribution in [2.75, 3.05) is 6.54 Å². The van der Waals surface area contributed by atoms with Crippen LogP contribution in [0.15, 0.2) is 12.4 Å². The molecule has 0 spiro atoms. The molecule has 0 aromatic carbocycles. The molecule has 1 saturated carbocycles. The maximum atomic E-state index is 4.20. The second kappa shape index (κ2) is 6.08. The molecule has 3 nitrogen and oxygen atoms in total. The van der Waals surface area contributed by atoms with Crippen LogP contribution in [-0.2, 0) is 13.6 Å². The summed E-state index contributed by atoms with van der Waals surface area (Å²) in [7, 11) is 1.97. The zero-order chi connectivity index (χ0) is 13.9. The van der Waals surface area contributed by atoms with E-state index >= 15 is 0 Å². The summed E-state index contributed by atoms with van der Waals surface area (Å²) in [5.74, 6) is 1.79. The van der Waals surface area contributed by atoms with E-state index in [9.17, 15) is 0 Å². The Morgan fingerprint density at radius 2 is 1.95 bits per heavy atom. The predicted molar refractivity (Wildman–Crippen MR) is 79.8 cm³/mol. The van der Waals surface area contributed by atoms with Gasteiger partial charge in [-0.2, -0.15) is 5.10 Å². The lowest BCUT2D eigenvalue weighted by Crippen LogP contribution is -2.30. The second-order valence-electron chi connectivity index (χ2n) is 7.24. The monoisotopic (exact) mass is 263 g/mol. The normalized spacial score (nSPS) is 24.6. The van der Waals surface area contributed by atoms with Gasteiger partial charge in [-0.1, -0.05) is 20.8 Å². The summed E-state index contributed by atoms with van der Waals surface area (Å²) in [6.07, 6.45) is 9.63. The third-order valence-corrected chi connectivity index (χ3v) is 4.59. The van der Waals surface area contributed by atoms with Crippen molar-refractivity contribution in [3.05, 3.63) is 18.0 Å². The fourth-order valence-electron chi connectivity index (χ4n) is 3.22. The highest BCUT2D eigenvalue weighted by molar-refractivity contribution is 5.02. The molecule has 0 radical (unpaired) electrons. The van der Waals surface area contributed by atoms with Gasteiger partial charge in [0.2, 0.25) is 0 Å².